The molecule has 0 spiro atoms. The summed E-state index contributed by atoms with van der Waals surface area (Å²) in [5, 5.41) is 3.93. The van der Waals surface area contributed by atoms with Crippen LogP contribution in [-0.2, 0) is 4.74 Å². The van der Waals surface area contributed by atoms with Crippen LogP contribution in [0.25, 0.3) is 0 Å². The second kappa shape index (κ2) is 6.90. The third kappa shape index (κ3) is 3.40. The van der Waals surface area contributed by atoms with Gasteiger partial charge in [-0.1, -0.05) is 12.8 Å². The molecule has 7 heteroatoms. The Morgan fingerprint density at radius 2 is 2.25 bits per heavy atom. The van der Waals surface area contributed by atoms with Gasteiger partial charge in [0.2, 0.25) is 0 Å². The van der Waals surface area contributed by atoms with Crippen molar-refractivity contribution in [1.29, 1.82) is 0 Å². The lowest BCUT2D eigenvalue weighted by Crippen LogP contribution is -2.33. The van der Waals surface area contributed by atoms with Crippen LogP contribution in [0.2, 0.25) is 0 Å². The number of carbonyl (C=O) groups is 1. The summed E-state index contributed by atoms with van der Waals surface area (Å²) in [7, 11) is 3.50. The molecular formula is C13H22N4O2S. The molecule has 1 aromatic heterocycles. The zero-order valence-corrected chi connectivity index (χ0v) is 12.8. The predicted molar refractivity (Wildman–Crippen MR) is 81.2 cm³/mol. The number of hydrogen-bond acceptors (Lipinski definition) is 7. The van der Waals surface area contributed by atoms with Crippen LogP contribution in [0.5, 0.6) is 0 Å². The number of nitrogens with two attached hydrogens (primary N) is 1. The quantitative estimate of drug-likeness (QED) is 0.780. The molecule has 1 aliphatic carbocycles. The van der Waals surface area contributed by atoms with E-state index in [1.807, 2.05) is 0 Å². The zero-order chi connectivity index (χ0) is 14.5. The van der Waals surface area contributed by atoms with E-state index in [2.05, 4.69) is 21.6 Å². The topological polar surface area (TPSA) is 80.5 Å². The van der Waals surface area contributed by atoms with Gasteiger partial charge in [0, 0.05) is 19.1 Å². The van der Waals surface area contributed by atoms with Gasteiger partial charge in [-0.2, -0.15) is 4.37 Å². The first-order chi connectivity index (χ1) is 9.63. The Labute approximate surface area is 123 Å². The summed E-state index contributed by atoms with van der Waals surface area (Å²) in [5.41, 5.74) is 6.05. The van der Waals surface area contributed by atoms with Crippen LogP contribution < -0.4 is 11.1 Å². The summed E-state index contributed by atoms with van der Waals surface area (Å²) < 4.78 is 8.73. The van der Waals surface area contributed by atoms with E-state index in [1.165, 1.54) is 44.3 Å². The number of esters is 1. The second-order valence-corrected chi connectivity index (χ2v) is 5.88. The van der Waals surface area contributed by atoms with Crippen molar-refractivity contribution in [2.75, 3.05) is 38.3 Å². The number of hydrogen-bond donors (Lipinski definition) is 2. The Bertz CT molecular complexity index is 457. The lowest BCUT2D eigenvalue weighted by atomic mass is 10.2. The Kier molecular flexibility index (Phi) is 5.19. The third-order valence-electron chi connectivity index (χ3n) is 3.81. The molecule has 1 aromatic rings. The van der Waals surface area contributed by atoms with Crippen LogP contribution >= 0.6 is 11.5 Å². The smallest absolute Gasteiger partial charge is 0.344 e. The van der Waals surface area contributed by atoms with Crippen LogP contribution in [-0.4, -0.2) is 48.5 Å². The summed E-state index contributed by atoms with van der Waals surface area (Å²) >= 11 is 1.20. The zero-order valence-electron chi connectivity index (χ0n) is 12.0. The highest BCUT2D eigenvalue weighted by molar-refractivity contribution is 7.11. The molecule has 0 radical (unpaired) electrons. The normalized spacial score (nSPS) is 15.8. The molecule has 0 unspecified atom stereocenters. The van der Waals surface area contributed by atoms with Gasteiger partial charge in [-0.15, -0.1) is 0 Å². The van der Waals surface area contributed by atoms with Crippen molar-refractivity contribution in [3.63, 3.8) is 0 Å². The highest BCUT2D eigenvalue weighted by atomic mass is 32.1. The summed E-state index contributed by atoms with van der Waals surface area (Å²) in [5.74, 6) is -0.212. The molecule has 0 atom stereocenters. The number of nitrogens with one attached hydrogen (secondary N) is 1. The van der Waals surface area contributed by atoms with Crippen LogP contribution in [0.1, 0.15) is 36.0 Å². The highest BCUT2D eigenvalue weighted by Gasteiger charge is 2.21. The molecule has 0 bridgehead atoms. The van der Waals surface area contributed by atoms with Crippen LogP contribution in [0.3, 0.4) is 0 Å². The van der Waals surface area contributed by atoms with Gasteiger partial charge in [-0.25, -0.2) is 4.79 Å². The van der Waals surface area contributed by atoms with Gasteiger partial charge in [0.25, 0.3) is 0 Å². The van der Waals surface area contributed by atoms with Gasteiger partial charge < -0.3 is 20.7 Å². The van der Waals surface area contributed by atoms with E-state index in [1.54, 1.807) is 0 Å². The summed E-state index contributed by atoms with van der Waals surface area (Å²) in [4.78, 5) is 14.0. The van der Waals surface area contributed by atoms with Gasteiger partial charge >= 0.3 is 5.97 Å². The number of nitrogen functional groups attached to an aromatic ring is 1. The van der Waals surface area contributed by atoms with E-state index in [0.29, 0.717) is 16.6 Å². The molecule has 0 aliphatic heterocycles. The van der Waals surface area contributed by atoms with Crippen molar-refractivity contribution in [2.24, 2.45) is 0 Å². The number of nitrogens with zero attached hydrogens (tertiary/aromatic N) is 2. The predicted octanol–water partition coefficient (Wildman–Crippen LogP) is 1.80. The number of methoxy groups -OCH3 is 1. The maximum atomic E-state index is 11.6. The molecular weight excluding hydrogens is 276 g/mol. The van der Waals surface area contributed by atoms with Gasteiger partial charge in [-0.3, -0.25) is 0 Å². The average molecular weight is 298 g/mol. The number of rotatable bonds is 6. The molecule has 1 heterocycles. The Hall–Kier alpha value is -1.34. The molecule has 6 nitrogen and oxygen atoms in total. The minimum absolute atomic E-state index is 0.230. The molecule has 1 saturated carbocycles. The molecule has 2 rings (SSSR count). The number of ether oxygens (including phenoxy) is 1. The number of aromatic nitrogens is 1. The Morgan fingerprint density at radius 1 is 1.55 bits per heavy atom. The molecule has 112 valence electrons. The summed E-state index contributed by atoms with van der Waals surface area (Å²) in [6.45, 7) is 1.70. The third-order valence-corrected chi connectivity index (χ3v) is 4.63. The maximum Gasteiger partial charge on any atom is 0.344 e. The van der Waals surface area contributed by atoms with Crippen LogP contribution in [0.15, 0.2) is 0 Å². The van der Waals surface area contributed by atoms with Crippen molar-refractivity contribution in [3.8, 4) is 0 Å². The molecule has 0 saturated heterocycles. The largest absolute Gasteiger partial charge is 0.465 e. The first-order valence-corrected chi connectivity index (χ1v) is 7.68. The lowest BCUT2D eigenvalue weighted by molar-refractivity contribution is 0.0603. The van der Waals surface area contributed by atoms with E-state index < -0.39 is 5.97 Å². The second-order valence-electron chi connectivity index (χ2n) is 5.11. The molecule has 3 N–H and O–H groups in total. The van der Waals surface area contributed by atoms with E-state index in [4.69, 9.17) is 10.5 Å². The van der Waals surface area contributed by atoms with E-state index in [0.717, 1.165) is 13.1 Å². The SMILES string of the molecule is COC(=O)c1c(N)nsc1NCCN(C)C1CCCC1. The fourth-order valence-corrected chi connectivity index (χ4v) is 3.32. The van der Waals surface area contributed by atoms with Crippen LogP contribution in [0, 0.1) is 0 Å². The number of likely N-dealkylation sites (N-methyl/N-ethyl adjacent to an activating group) is 1. The summed E-state index contributed by atoms with van der Waals surface area (Å²) in [6.07, 6.45) is 5.25. The van der Waals surface area contributed by atoms with Crippen LogP contribution in [0.4, 0.5) is 10.8 Å². The van der Waals surface area contributed by atoms with Gasteiger partial charge in [-0.05, 0) is 31.4 Å². The molecule has 0 amide bonds. The first-order valence-electron chi connectivity index (χ1n) is 6.91. The van der Waals surface area contributed by atoms with Gasteiger partial charge in [0.15, 0.2) is 5.82 Å². The lowest BCUT2D eigenvalue weighted by Gasteiger charge is -2.24. The van der Waals surface area contributed by atoms with E-state index >= 15 is 0 Å². The first kappa shape index (κ1) is 15.1. The van der Waals surface area contributed by atoms with Crippen molar-refractivity contribution < 1.29 is 9.53 Å². The number of anilines is 2. The van der Waals surface area contributed by atoms with Crippen molar-refractivity contribution in [3.05, 3.63) is 5.56 Å². The molecule has 20 heavy (non-hydrogen) atoms. The number of carbonyl (C=O) groups excluding carboxylic acids is 1. The fourth-order valence-electron chi connectivity index (χ4n) is 2.60. The highest BCUT2D eigenvalue weighted by Crippen LogP contribution is 2.27. The van der Waals surface area contributed by atoms with Gasteiger partial charge in [0.05, 0.1) is 7.11 Å². The maximum absolute atomic E-state index is 11.6. The molecule has 0 aromatic carbocycles. The van der Waals surface area contributed by atoms with E-state index in [9.17, 15) is 4.79 Å². The monoisotopic (exact) mass is 298 g/mol. The Morgan fingerprint density at radius 3 is 2.90 bits per heavy atom. The van der Waals surface area contributed by atoms with Crippen molar-refractivity contribution in [2.45, 2.75) is 31.7 Å². The minimum atomic E-state index is -0.442. The average Bonchev–Trinajstić information content (AvgIpc) is 3.08. The summed E-state index contributed by atoms with van der Waals surface area (Å²) in [6, 6.07) is 0.698. The molecule has 1 fully saturated rings. The van der Waals surface area contributed by atoms with Crippen molar-refractivity contribution >= 4 is 28.3 Å². The minimum Gasteiger partial charge on any atom is -0.465 e. The Balaban J connectivity index is 1.86. The van der Waals surface area contributed by atoms with E-state index in [-0.39, 0.29) is 5.82 Å². The fraction of sp³-hybridized carbons (Fsp3) is 0.692. The molecule has 1 aliphatic rings. The standard InChI is InChI=1S/C13H22N4O2S/c1-17(9-5-3-4-6-9)8-7-15-12-10(13(18)19-2)11(14)16-20-12/h9,15H,3-8H2,1-2H3,(H2,14,16). The van der Waals surface area contributed by atoms with Gasteiger partial charge in [0.1, 0.15) is 10.6 Å². The van der Waals surface area contributed by atoms with Crippen molar-refractivity contribution in [1.82, 2.24) is 9.27 Å².